The summed E-state index contributed by atoms with van der Waals surface area (Å²) >= 11 is 0. The van der Waals surface area contributed by atoms with Gasteiger partial charge < -0.3 is 5.11 Å². The minimum absolute atomic E-state index is 0.313. The van der Waals surface area contributed by atoms with Gasteiger partial charge in [-0.1, -0.05) is 6.92 Å². The third-order valence-corrected chi connectivity index (χ3v) is 1.13. The molecule has 3 nitrogen and oxygen atoms in total. The highest BCUT2D eigenvalue weighted by molar-refractivity contribution is 4.48. The summed E-state index contributed by atoms with van der Waals surface area (Å²) in [6.45, 7) is 7.76. The Morgan fingerprint density at radius 3 is 2.40 bits per heavy atom. The highest BCUT2D eigenvalue weighted by Gasteiger charge is 2.04. The molecule has 0 aliphatic carbocycles. The van der Waals surface area contributed by atoms with Crippen LogP contribution >= 0.6 is 0 Å². The number of rotatable bonds is 5. The Labute approximate surface area is 62.6 Å². The lowest BCUT2D eigenvalue weighted by Crippen LogP contribution is -2.30. The molecule has 0 rings (SSSR count). The lowest BCUT2D eigenvalue weighted by Gasteiger charge is -2.20. The van der Waals surface area contributed by atoms with E-state index >= 15 is 0 Å². The Balaban J connectivity index is 3.39. The molecular formula is C7H17NO2. The molecule has 0 fully saturated rings. The van der Waals surface area contributed by atoms with Crippen LogP contribution in [-0.4, -0.2) is 36.0 Å². The van der Waals surface area contributed by atoms with Crippen molar-refractivity contribution in [3.63, 3.8) is 0 Å². The third kappa shape index (κ3) is 4.73. The van der Waals surface area contributed by atoms with Crippen LogP contribution in [0.25, 0.3) is 0 Å². The summed E-state index contributed by atoms with van der Waals surface area (Å²) in [4.78, 5) is 5.18. The molecule has 0 heterocycles. The zero-order valence-electron chi connectivity index (χ0n) is 7.00. The van der Waals surface area contributed by atoms with Crippen molar-refractivity contribution in [1.29, 1.82) is 0 Å². The van der Waals surface area contributed by atoms with Crippen LogP contribution in [0.2, 0.25) is 0 Å². The van der Waals surface area contributed by atoms with E-state index in [0.717, 1.165) is 6.54 Å². The van der Waals surface area contributed by atoms with Gasteiger partial charge in [-0.2, -0.15) is 5.06 Å². The maximum Gasteiger partial charge on any atom is 0.0662 e. The second kappa shape index (κ2) is 5.65. The van der Waals surface area contributed by atoms with E-state index < -0.39 is 0 Å². The summed E-state index contributed by atoms with van der Waals surface area (Å²) in [7, 11) is 0. The molecule has 0 bridgehead atoms. The van der Waals surface area contributed by atoms with E-state index in [1.807, 2.05) is 13.8 Å². The van der Waals surface area contributed by atoms with Crippen molar-refractivity contribution in [2.75, 3.05) is 19.7 Å². The first-order chi connectivity index (χ1) is 4.70. The van der Waals surface area contributed by atoms with Crippen LogP contribution < -0.4 is 0 Å². The number of hydrogen-bond donors (Lipinski definition) is 1. The van der Waals surface area contributed by atoms with Gasteiger partial charge in [-0.05, 0) is 13.8 Å². The molecule has 1 atom stereocenters. The topological polar surface area (TPSA) is 32.7 Å². The Bertz CT molecular complexity index is 76.0. The molecule has 0 aromatic carbocycles. The second-order valence-corrected chi connectivity index (χ2v) is 2.25. The predicted molar refractivity (Wildman–Crippen MR) is 40.6 cm³/mol. The standard InChI is InChI=1S/C7H17NO2/c1-4-8(10-5-2)6-7(3)9/h7,9H,4-6H2,1-3H3. The lowest BCUT2D eigenvalue weighted by atomic mass is 10.4. The molecule has 0 aromatic heterocycles. The summed E-state index contributed by atoms with van der Waals surface area (Å²) in [5.41, 5.74) is 0. The number of aliphatic hydroxyl groups is 1. The van der Waals surface area contributed by atoms with E-state index in [4.69, 9.17) is 9.94 Å². The molecule has 0 aliphatic heterocycles. The third-order valence-electron chi connectivity index (χ3n) is 1.13. The van der Waals surface area contributed by atoms with E-state index in [2.05, 4.69) is 0 Å². The molecule has 1 unspecified atom stereocenters. The van der Waals surface area contributed by atoms with Crippen LogP contribution in [0, 0.1) is 0 Å². The average Bonchev–Trinajstić information content (AvgIpc) is 1.86. The van der Waals surface area contributed by atoms with Gasteiger partial charge in [-0.15, -0.1) is 0 Å². The smallest absolute Gasteiger partial charge is 0.0662 e. The molecule has 0 aliphatic rings. The summed E-state index contributed by atoms with van der Waals surface area (Å²) in [5.74, 6) is 0. The van der Waals surface area contributed by atoms with Gasteiger partial charge in [-0.3, -0.25) is 4.84 Å². The van der Waals surface area contributed by atoms with Crippen LogP contribution in [0.1, 0.15) is 20.8 Å². The van der Waals surface area contributed by atoms with Crippen LogP contribution in [0.5, 0.6) is 0 Å². The van der Waals surface area contributed by atoms with Gasteiger partial charge in [0.2, 0.25) is 0 Å². The minimum Gasteiger partial charge on any atom is -0.392 e. The summed E-state index contributed by atoms with van der Waals surface area (Å²) in [5, 5.41) is 10.7. The van der Waals surface area contributed by atoms with Crippen molar-refractivity contribution >= 4 is 0 Å². The fraction of sp³-hybridized carbons (Fsp3) is 1.00. The zero-order valence-corrected chi connectivity index (χ0v) is 7.00. The number of aliphatic hydroxyl groups excluding tert-OH is 1. The molecule has 62 valence electrons. The van der Waals surface area contributed by atoms with E-state index in [0.29, 0.717) is 13.2 Å². The van der Waals surface area contributed by atoms with Gasteiger partial charge in [0.15, 0.2) is 0 Å². The summed E-state index contributed by atoms with van der Waals surface area (Å²) < 4.78 is 0. The van der Waals surface area contributed by atoms with E-state index in [1.165, 1.54) is 0 Å². The van der Waals surface area contributed by atoms with Crippen molar-refractivity contribution in [2.45, 2.75) is 26.9 Å². The van der Waals surface area contributed by atoms with Crippen molar-refractivity contribution in [2.24, 2.45) is 0 Å². The highest BCUT2D eigenvalue weighted by Crippen LogP contribution is 1.92. The molecule has 0 radical (unpaired) electrons. The van der Waals surface area contributed by atoms with Gasteiger partial charge in [0.05, 0.1) is 12.7 Å². The van der Waals surface area contributed by atoms with E-state index in [1.54, 1.807) is 12.0 Å². The van der Waals surface area contributed by atoms with Crippen molar-refractivity contribution in [1.82, 2.24) is 5.06 Å². The molecule has 10 heavy (non-hydrogen) atoms. The van der Waals surface area contributed by atoms with Gasteiger partial charge in [-0.25, -0.2) is 0 Å². The fourth-order valence-corrected chi connectivity index (χ4v) is 0.750. The van der Waals surface area contributed by atoms with Crippen molar-refractivity contribution in [3.8, 4) is 0 Å². The first-order valence-corrected chi connectivity index (χ1v) is 3.76. The van der Waals surface area contributed by atoms with Crippen molar-refractivity contribution < 1.29 is 9.94 Å². The van der Waals surface area contributed by atoms with Gasteiger partial charge in [0.1, 0.15) is 0 Å². The molecule has 1 N–H and O–H groups in total. The molecular weight excluding hydrogens is 130 g/mol. The van der Waals surface area contributed by atoms with Crippen LogP contribution in [0.3, 0.4) is 0 Å². The maximum absolute atomic E-state index is 8.96. The molecule has 3 heteroatoms. The Kier molecular flexibility index (Phi) is 5.58. The Morgan fingerprint density at radius 1 is 1.50 bits per heavy atom. The molecule has 0 spiro atoms. The normalized spacial score (nSPS) is 14.1. The number of hydrogen-bond acceptors (Lipinski definition) is 3. The molecule has 0 saturated carbocycles. The quantitative estimate of drug-likeness (QED) is 0.579. The largest absolute Gasteiger partial charge is 0.392 e. The minimum atomic E-state index is -0.313. The molecule has 0 amide bonds. The van der Waals surface area contributed by atoms with Crippen molar-refractivity contribution in [3.05, 3.63) is 0 Å². The van der Waals surface area contributed by atoms with Crippen LogP contribution in [0.4, 0.5) is 0 Å². The number of likely N-dealkylation sites (N-methyl/N-ethyl adjacent to an activating group) is 1. The second-order valence-electron chi connectivity index (χ2n) is 2.25. The summed E-state index contributed by atoms with van der Waals surface area (Å²) in [6, 6.07) is 0. The van der Waals surface area contributed by atoms with Gasteiger partial charge >= 0.3 is 0 Å². The highest BCUT2D eigenvalue weighted by atomic mass is 16.7. The van der Waals surface area contributed by atoms with Gasteiger partial charge in [0.25, 0.3) is 0 Å². The first kappa shape index (κ1) is 9.88. The zero-order chi connectivity index (χ0) is 7.98. The molecule has 0 aromatic rings. The Morgan fingerprint density at radius 2 is 2.10 bits per heavy atom. The number of hydroxylamine groups is 2. The fourth-order valence-electron chi connectivity index (χ4n) is 0.750. The van der Waals surface area contributed by atoms with E-state index in [-0.39, 0.29) is 6.10 Å². The maximum atomic E-state index is 8.96. The molecule has 0 saturated heterocycles. The average molecular weight is 147 g/mol. The first-order valence-electron chi connectivity index (χ1n) is 3.76. The SMILES string of the molecule is CCON(CC)CC(C)O. The van der Waals surface area contributed by atoms with Crippen LogP contribution in [-0.2, 0) is 4.84 Å². The van der Waals surface area contributed by atoms with Gasteiger partial charge in [0, 0.05) is 13.1 Å². The van der Waals surface area contributed by atoms with E-state index in [9.17, 15) is 0 Å². The summed E-state index contributed by atoms with van der Waals surface area (Å²) in [6.07, 6.45) is -0.313. The van der Waals surface area contributed by atoms with Crippen LogP contribution in [0.15, 0.2) is 0 Å². The monoisotopic (exact) mass is 147 g/mol. The number of nitrogens with zero attached hydrogens (tertiary/aromatic N) is 1. The lowest BCUT2D eigenvalue weighted by molar-refractivity contribution is -0.164. The predicted octanol–water partition coefficient (Wildman–Crippen LogP) is 0.641. The Hall–Kier alpha value is -0.120.